The fourth-order valence-electron chi connectivity index (χ4n) is 3.50. The van der Waals surface area contributed by atoms with Crippen LogP contribution in [0.25, 0.3) is 0 Å². The predicted molar refractivity (Wildman–Crippen MR) is 85.4 cm³/mol. The first kappa shape index (κ1) is 14.0. The van der Waals surface area contributed by atoms with Crippen LogP contribution in [0.2, 0.25) is 0 Å². The van der Waals surface area contributed by atoms with E-state index in [1.807, 2.05) is 24.2 Å². The van der Waals surface area contributed by atoms with Gasteiger partial charge in [0.15, 0.2) is 0 Å². The van der Waals surface area contributed by atoms with Crippen molar-refractivity contribution < 1.29 is 4.79 Å². The molecule has 2 aromatic heterocycles. The van der Waals surface area contributed by atoms with Crippen LogP contribution in [-0.4, -0.2) is 56.2 Å². The van der Waals surface area contributed by atoms with Crippen LogP contribution in [0, 0.1) is 0 Å². The average molecular weight is 313 g/mol. The summed E-state index contributed by atoms with van der Waals surface area (Å²) >= 11 is 0. The summed E-state index contributed by atoms with van der Waals surface area (Å²) in [5, 5.41) is 7.28. The molecule has 120 valence electrons. The molecule has 4 rings (SSSR count). The topological polar surface area (TPSA) is 79.2 Å². The van der Waals surface area contributed by atoms with Crippen molar-refractivity contribution in [3.8, 4) is 0 Å². The third-order valence-electron chi connectivity index (χ3n) is 4.59. The molecule has 4 heterocycles. The maximum atomic E-state index is 11.2. The van der Waals surface area contributed by atoms with Crippen molar-refractivity contribution in [1.29, 1.82) is 0 Å². The molecule has 1 amide bonds. The highest BCUT2D eigenvalue weighted by Gasteiger charge is 2.39. The number of anilines is 3. The monoisotopic (exact) mass is 313 g/mol. The van der Waals surface area contributed by atoms with Gasteiger partial charge in [0.2, 0.25) is 12.4 Å². The van der Waals surface area contributed by atoms with Crippen molar-refractivity contribution in [2.45, 2.75) is 24.9 Å². The number of piperazine rings is 1. The molecule has 2 aromatic rings. The van der Waals surface area contributed by atoms with Crippen LogP contribution in [-0.2, 0) is 11.8 Å². The van der Waals surface area contributed by atoms with E-state index in [0.29, 0.717) is 18.0 Å². The quantitative estimate of drug-likeness (QED) is 0.840. The van der Waals surface area contributed by atoms with E-state index in [2.05, 4.69) is 25.3 Å². The van der Waals surface area contributed by atoms with Gasteiger partial charge < -0.3 is 15.1 Å². The Kier molecular flexibility index (Phi) is 3.36. The second-order valence-corrected chi connectivity index (χ2v) is 6.11. The van der Waals surface area contributed by atoms with Crippen LogP contribution in [0.1, 0.15) is 12.8 Å². The number of carbonyl (C=O) groups excluding carboxylic acids is 1. The Morgan fingerprint density at radius 1 is 1.30 bits per heavy atom. The number of nitrogens with zero attached hydrogens (tertiary/aromatic N) is 6. The fourth-order valence-corrected chi connectivity index (χ4v) is 3.50. The second-order valence-electron chi connectivity index (χ2n) is 6.11. The van der Waals surface area contributed by atoms with Crippen LogP contribution in [0.4, 0.5) is 17.5 Å². The molecule has 2 bridgehead atoms. The lowest BCUT2D eigenvalue weighted by molar-refractivity contribution is -0.121. The zero-order chi connectivity index (χ0) is 15.8. The van der Waals surface area contributed by atoms with Crippen molar-refractivity contribution >= 4 is 23.9 Å². The van der Waals surface area contributed by atoms with E-state index in [4.69, 9.17) is 0 Å². The lowest BCUT2D eigenvalue weighted by Crippen LogP contribution is -2.53. The second kappa shape index (κ2) is 5.53. The van der Waals surface area contributed by atoms with E-state index >= 15 is 0 Å². The Morgan fingerprint density at radius 2 is 2.09 bits per heavy atom. The Balaban J connectivity index is 1.52. The molecule has 2 aliphatic rings. The standard InChI is InChI=1S/C15H19N7O/c1-20-7-11(6-17-20)18-15-16-5-4-14(19-15)21-8-12-2-3-13(9-21)22(12)10-23/h4-7,10,12-13H,2-3,8-9H2,1H3,(H,16,18,19)/t12-,13+. The molecule has 0 unspecified atom stereocenters. The van der Waals surface area contributed by atoms with Crippen LogP contribution in [0.5, 0.6) is 0 Å². The summed E-state index contributed by atoms with van der Waals surface area (Å²) in [5.74, 6) is 1.45. The molecule has 0 aliphatic carbocycles. The number of fused-ring (bicyclic) bond motifs is 2. The van der Waals surface area contributed by atoms with Gasteiger partial charge in [-0.3, -0.25) is 9.48 Å². The average Bonchev–Trinajstić information content (AvgIpc) is 3.07. The third-order valence-corrected chi connectivity index (χ3v) is 4.59. The smallest absolute Gasteiger partial charge is 0.229 e. The van der Waals surface area contributed by atoms with E-state index in [1.54, 1.807) is 17.1 Å². The highest BCUT2D eigenvalue weighted by Crippen LogP contribution is 2.31. The SMILES string of the molecule is Cn1cc(Nc2nccc(N3C[C@H]4CC[C@@H](C3)N4C=O)n2)cn1. The molecular formula is C15H19N7O. The lowest BCUT2D eigenvalue weighted by atomic mass is 10.2. The van der Waals surface area contributed by atoms with Gasteiger partial charge in [-0.25, -0.2) is 4.98 Å². The minimum atomic E-state index is 0.302. The van der Waals surface area contributed by atoms with E-state index in [-0.39, 0.29) is 0 Å². The molecule has 0 aromatic carbocycles. The number of hydrogen-bond acceptors (Lipinski definition) is 6. The van der Waals surface area contributed by atoms with Gasteiger partial charge in [0.25, 0.3) is 0 Å². The molecule has 2 atom stereocenters. The van der Waals surface area contributed by atoms with Crippen molar-refractivity contribution in [1.82, 2.24) is 24.6 Å². The number of amides is 1. The number of hydrogen-bond donors (Lipinski definition) is 1. The van der Waals surface area contributed by atoms with Gasteiger partial charge in [-0.2, -0.15) is 10.1 Å². The van der Waals surface area contributed by atoms with Gasteiger partial charge in [0.05, 0.1) is 11.9 Å². The van der Waals surface area contributed by atoms with Crippen molar-refractivity contribution in [2.75, 3.05) is 23.3 Å². The van der Waals surface area contributed by atoms with E-state index in [0.717, 1.165) is 43.8 Å². The highest BCUT2D eigenvalue weighted by molar-refractivity contribution is 5.55. The minimum absolute atomic E-state index is 0.302. The summed E-state index contributed by atoms with van der Waals surface area (Å²) in [6.07, 6.45) is 8.51. The molecule has 0 spiro atoms. The van der Waals surface area contributed by atoms with Gasteiger partial charge in [-0.15, -0.1) is 0 Å². The van der Waals surface area contributed by atoms with Gasteiger partial charge in [-0.05, 0) is 18.9 Å². The molecule has 8 heteroatoms. The normalized spacial score (nSPS) is 23.2. The van der Waals surface area contributed by atoms with Crippen molar-refractivity contribution in [3.63, 3.8) is 0 Å². The summed E-state index contributed by atoms with van der Waals surface area (Å²) in [7, 11) is 1.87. The number of rotatable bonds is 4. The molecule has 2 saturated heterocycles. The maximum absolute atomic E-state index is 11.2. The first-order valence-corrected chi connectivity index (χ1v) is 7.79. The largest absolute Gasteiger partial charge is 0.352 e. The first-order chi connectivity index (χ1) is 11.2. The molecular weight excluding hydrogens is 294 g/mol. The third kappa shape index (κ3) is 2.60. The Bertz CT molecular complexity index is 701. The lowest BCUT2D eigenvalue weighted by Gasteiger charge is -2.39. The summed E-state index contributed by atoms with van der Waals surface area (Å²) in [6, 6.07) is 2.52. The molecule has 2 fully saturated rings. The van der Waals surface area contributed by atoms with Crippen LogP contribution in [0.3, 0.4) is 0 Å². The van der Waals surface area contributed by atoms with E-state index < -0.39 is 0 Å². The molecule has 1 N–H and O–H groups in total. The zero-order valence-corrected chi connectivity index (χ0v) is 13.0. The number of aromatic nitrogens is 4. The molecule has 0 saturated carbocycles. The predicted octanol–water partition coefficient (Wildman–Crippen LogP) is 0.763. The maximum Gasteiger partial charge on any atom is 0.229 e. The zero-order valence-electron chi connectivity index (χ0n) is 13.0. The minimum Gasteiger partial charge on any atom is -0.352 e. The van der Waals surface area contributed by atoms with Gasteiger partial charge >= 0.3 is 0 Å². The first-order valence-electron chi connectivity index (χ1n) is 7.79. The van der Waals surface area contributed by atoms with Crippen LogP contribution in [0.15, 0.2) is 24.7 Å². The summed E-state index contributed by atoms with van der Waals surface area (Å²) < 4.78 is 1.72. The van der Waals surface area contributed by atoms with E-state index in [1.165, 1.54) is 0 Å². The van der Waals surface area contributed by atoms with Crippen LogP contribution < -0.4 is 10.2 Å². The number of carbonyl (C=O) groups is 1. The van der Waals surface area contributed by atoms with Gasteiger partial charge in [-0.1, -0.05) is 0 Å². The Hall–Kier alpha value is -2.64. The fraction of sp³-hybridized carbons (Fsp3) is 0.467. The number of nitrogens with one attached hydrogen (secondary N) is 1. The molecule has 2 aliphatic heterocycles. The molecule has 23 heavy (non-hydrogen) atoms. The van der Waals surface area contributed by atoms with E-state index in [9.17, 15) is 4.79 Å². The Morgan fingerprint density at radius 3 is 2.74 bits per heavy atom. The van der Waals surface area contributed by atoms with Crippen LogP contribution >= 0.6 is 0 Å². The molecule has 0 radical (unpaired) electrons. The summed E-state index contributed by atoms with van der Waals surface area (Å²) in [6.45, 7) is 1.66. The Labute approximate surface area is 134 Å². The number of aryl methyl sites for hydroxylation is 1. The van der Waals surface area contributed by atoms with Crippen molar-refractivity contribution in [2.24, 2.45) is 7.05 Å². The highest BCUT2D eigenvalue weighted by atomic mass is 16.1. The van der Waals surface area contributed by atoms with Gasteiger partial charge in [0, 0.05) is 44.6 Å². The summed E-state index contributed by atoms with van der Waals surface area (Å²) in [4.78, 5) is 24.3. The van der Waals surface area contributed by atoms with Crippen molar-refractivity contribution in [3.05, 3.63) is 24.7 Å². The van der Waals surface area contributed by atoms with Gasteiger partial charge in [0.1, 0.15) is 5.82 Å². The summed E-state index contributed by atoms with van der Waals surface area (Å²) in [5.41, 5.74) is 0.857. The molecule has 8 nitrogen and oxygen atoms in total.